The molecular weight excluding hydrogens is 293 g/mol. The number of nitrogens with one attached hydrogen (secondary N) is 1. The van der Waals surface area contributed by atoms with Gasteiger partial charge in [0.15, 0.2) is 0 Å². The van der Waals surface area contributed by atoms with Crippen LogP contribution in [0.4, 0.5) is 13.2 Å². The number of rotatable bonds is 5. The lowest BCUT2D eigenvalue weighted by Crippen LogP contribution is -2.39. The van der Waals surface area contributed by atoms with Crippen LogP contribution in [-0.4, -0.2) is 37.4 Å². The predicted octanol–water partition coefficient (Wildman–Crippen LogP) is 3.45. The Balaban J connectivity index is 0.000000789. The Morgan fingerprint density at radius 1 is 1.27 bits per heavy atom. The second kappa shape index (κ2) is 13.1. The van der Waals surface area contributed by atoms with Crippen molar-refractivity contribution >= 4 is 5.91 Å². The van der Waals surface area contributed by atoms with Crippen LogP contribution in [-0.2, 0) is 11.3 Å². The van der Waals surface area contributed by atoms with Gasteiger partial charge in [0.1, 0.15) is 5.82 Å². The lowest BCUT2D eigenvalue weighted by atomic mass is 10.2. The van der Waals surface area contributed by atoms with E-state index in [9.17, 15) is 18.0 Å². The molecule has 1 heterocycles. The minimum absolute atomic E-state index is 0.0289. The van der Waals surface area contributed by atoms with Gasteiger partial charge in [0.05, 0.1) is 0 Å². The van der Waals surface area contributed by atoms with E-state index in [-0.39, 0.29) is 11.7 Å². The first-order valence-corrected chi connectivity index (χ1v) is 7.51. The summed E-state index contributed by atoms with van der Waals surface area (Å²) < 4.78 is 32.1. The Bertz CT molecular complexity index is 412. The number of halogens is 3. The van der Waals surface area contributed by atoms with E-state index in [0.29, 0.717) is 13.0 Å². The first kappa shape index (κ1) is 20.4. The molecule has 1 saturated heterocycles. The molecule has 0 aromatic heterocycles. The van der Waals surface area contributed by atoms with Gasteiger partial charge in [-0.1, -0.05) is 26.0 Å². The molecule has 0 radical (unpaired) electrons. The van der Waals surface area contributed by atoms with E-state index in [2.05, 4.69) is 10.2 Å². The summed E-state index contributed by atoms with van der Waals surface area (Å²) in [5, 5.41) is 2.80. The van der Waals surface area contributed by atoms with Gasteiger partial charge in [-0.25, -0.2) is 13.2 Å². The summed E-state index contributed by atoms with van der Waals surface area (Å²) in [5.74, 6) is -0.238. The highest BCUT2D eigenvalue weighted by atomic mass is 19.3. The fraction of sp³-hybridized carbons (Fsp3) is 0.562. The summed E-state index contributed by atoms with van der Waals surface area (Å²) in [4.78, 5) is 13.8. The maximum absolute atomic E-state index is 12.9. The molecular formula is C16H25F3N2O. The first-order valence-electron chi connectivity index (χ1n) is 7.51. The van der Waals surface area contributed by atoms with E-state index in [1.165, 1.54) is 18.6 Å². The Morgan fingerprint density at radius 2 is 1.91 bits per heavy atom. The van der Waals surface area contributed by atoms with E-state index in [0.717, 1.165) is 25.2 Å². The van der Waals surface area contributed by atoms with Gasteiger partial charge in [0.2, 0.25) is 12.8 Å². The molecule has 1 aliphatic rings. The van der Waals surface area contributed by atoms with Crippen LogP contribution in [0.25, 0.3) is 0 Å². The Morgan fingerprint density at radius 3 is 2.41 bits per heavy atom. The molecule has 0 unspecified atom stereocenters. The second-order valence-electron chi connectivity index (χ2n) is 4.45. The van der Waals surface area contributed by atoms with Crippen LogP contribution >= 0.6 is 0 Å². The van der Waals surface area contributed by atoms with Crippen LogP contribution in [0.3, 0.4) is 0 Å². The lowest BCUT2D eigenvalue weighted by Gasteiger charge is -2.30. The molecule has 3 nitrogen and oxygen atoms in total. The molecule has 0 atom stereocenters. The quantitative estimate of drug-likeness (QED) is 0.902. The van der Waals surface area contributed by atoms with E-state index < -0.39 is 6.93 Å². The van der Waals surface area contributed by atoms with Gasteiger partial charge in [-0.05, 0) is 37.2 Å². The molecule has 126 valence electrons. The zero-order chi connectivity index (χ0) is 16.8. The number of carbonyl (C=O) groups excluding carboxylic acids is 1. The number of nitrogens with zero attached hydrogens (tertiary/aromatic N) is 1. The Labute approximate surface area is 130 Å². The van der Waals surface area contributed by atoms with Crippen LogP contribution in [0.15, 0.2) is 24.3 Å². The minimum Gasteiger partial charge on any atom is -0.352 e. The monoisotopic (exact) mass is 318 g/mol. The summed E-state index contributed by atoms with van der Waals surface area (Å²) >= 11 is 0. The van der Waals surface area contributed by atoms with Crippen molar-refractivity contribution in [3.63, 3.8) is 0 Å². The molecule has 22 heavy (non-hydrogen) atoms. The summed E-state index contributed by atoms with van der Waals surface area (Å²) in [6.07, 6.45) is 1.76. The zero-order valence-corrected chi connectivity index (χ0v) is 13.2. The van der Waals surface area contributed by atoms with Gasteiger partial charge in [-0.2, -0.15) is 0 Å². The minimum atomic E-state index is -1.75. The van der Waals surface area contributed by atoms with Crippen LogP contribution < -0.4 is 5.32 Å². The third kappa shape index (κ3) is 9.39. The Kier molecular flexibility index (Phi) is 12.2. The van der Waals surface area contributed by atoms with E-state index in [1.807, 2.05) is 13.8 Å². The maximum Gasteiger partial charge on any atom is 0.229 e. The smallest absolute Gasteiger partial charge is 0.229 e. The molecule has 1 amide bonds. The fourth-order valence-corrected chi connectivity index (χ4v) is 1.80. The molecule has 6 heteroatoms. The normalized spacial score (nSPS) is 13.0. The summed E-state index contributed by atoms with van der Waals surface area (Å²) in [5.41, 5.74) is 0.794. The van der Waals surface area contributed by atoms with Gasteiger partial charge in [-0.15, -0.1) is 0 Å². The average Bonchev–Trinajstić information content (AvgIpc) is 2.47. The molecule has 0 bridgehead atoms. The van der Waals surface area contributed by atoms with Crippen LogP contribution in [0.1, 0.15) is 32.3 Å². The molecule has 0 spiro atoms. The van der Waals surface area contributed by atoms with Gasteiger partial charge < -0.3 is 10.2 Å². The summed E-state index contributed by atoms with van der Waals surface area (Å²) in [6.45, 7) is 5.69. The lowest BCUT2D eigenvalue weighted by molar-refractivity contribution is -0.121. The average molecular weight is 318 g/mol. The summed E-state index contributed by atoms with van der Waals surface area (Å²) in [7, 11) is 0. The number of benzene rings is 1. The fourth-order valence-electron chi connectivity index (χ4n) is 1.80. The van der Waals surface area contributed by atoms with E-state index in [1.54, 1.807) is 12.1 Å². The van der Waals surface area contributed by atoms with Gasteiger partial charge >= 0.3 is 0 Å². The SMILES string of the molecule is CC.FCF.O=C(CCN1CCC1)NCc1cccc(F)c1. The van der Waals surface area contributed by atoms with Crippen molar-refractivity contribution in [2.45, 2.75) is 33.2 Å². The van der Waals surface area contributed by atoms with Crippen molar-refractivity contribution < 1.29 is 18.0 Å². The van der Waals surface area contributed by atoms with Gasteiger partial charge in [0, 0.05) is 19.5 Å². The third-order valence-electron chi connectivity index (χ3n) is 2.98. The standard InChI is InChI=1S/C13H17FN2O.C2H6.CH2F2/c14-12-4-1-3-11(9-12)10-15-13(17)5-8-16-6-2-7-16;1-2;2-1-3/h1,3-4,9H,2,5-8,10H2,(H,15,17);1-2H3;1H2. The molecule has 1 fully saturated rings. The number of carbonyl (C=O) groups is 1. The molecule has 0 aliphatic carbocycles. The number of hydrogen-bond acceptors (Lipinski definition) is 2. The third-order valence-corrected chi connectivity index (χ3v) is 2.98. The second-order valence-corrected chi connectivity index (χ2v) is 4.45. The van der Waals surface area contributed by atoms with Crippen molar-refractivity contribution in [1.29, 1.82) is 0 Å². The molecule has 1 aliphatic heterocycles. The summed E-state index contributed by atoms with van der Waals surface area (Å²) in [6, 6.07) is 6.29. The predicted molar refractivity (Wildman–Crippen MR) is 82.4 cm³/mol. The largest absolute Gasteiger partial charge is 0.352 e. The first-order chi connectivity index (χ1) is 10.7. The maximum atomic E-state index is 12.9. The number of alkyl halides is 2. The highest BCUT2D eigenvalue weighted by Crippen LogP contribution is 2.06. The van der Waals surface area contributed by atoms with E-state index >= 15 is 0 Å². The number of hydrogen-bond donors (Lipinski definition) is 1. The number of amides is 1. The topological polar surface area (TPSA) is 32.3 Å². The van der Waals surface area contributed by atoms with Crippen LogP contribution in [0.5, 0.6) is 0 Å². The highest BCUT2D eigenvalue weighted by Gasteiger charge is 2.14. The van der Waals surface area contributed by atoms with Gasteiger partial charge in [-0.3, -0.25) is 4.79 Å². The molecule has 1 aromatic rings. The van der Waals surface area contributed by atoms with Crippen molar-refractivity contribution in [3.8, 4) is 0 Å². The molecule has 1 N–H and O–H groups in total. The van der Waals surface area contributed by atoms with Gasteiger partial charge in [0.25, 0.3) is 0 Å². The molecule has 1 aromatic carbocycles. The molecule has 0 saturated carbocycles. The van der Waals surface area contributed by atoms with Crippen LogP contribution in [0.2, 0.25) is 0 Å². The Hall–Kier alpha value is -1.56. The van der Waals surface area contributed by atoms with Crippen LogP contribution in [0, 0.1) is 5.82 Å². The van der Waals surface area contributed by atoms with Crippen molar-refractivity contribution in [2.24, 2.45) is 0 Å². The zero-order valence-electron chi connectivity index (χ0n) is 13.2. The van der Waals surface area contributed by atoms with E-state index in [4.69, 9.17) is 0 Å². The van der Waals surface area contributed by atoms with Crippen molar-refractivity contribution in [1.82, 2.24) is 10.2 Å². The van der Waals surface area contributed by atoms with Crippen molar-refractivity contribution in [3.05, 3.63) is 35.6 Å². The highest BCUT2D eigenvalue weighted by molar-refractivity contribution is 5.76. The number of likely N-dealkylation sites (tertiary alicyclic amines) is 1. The van der Waals surface area contributed by atoms with Crippen molar-refractivity contribution in [2.75, 3.05) is 26.6 Å². The molecule has 2 rings (SSSR count).